The number of unbranched alkanes of at least 4 members (excludes halogenated alkanes) is 1. The Hall–Kier alpha value is -1.10. The van der Waals surface area contributed by atoms with Gasteiger partial charge in [0.1, 0.15) is 0 Å². The molecule has 0 heterocycles. The largest absolute Gasteiger partial charge is 0.481 e. The van der Waals surface area contributed by atoms with Gasteiger partial charge in [0, 0.05) is 6.61 Å². The van der Waals surface area contributed by atoms with Gasteiger partial charge in [-0.3, -0.25) is 9.59 Å². The van der Waals surface area contributed by atoms with E-state index >= 15 is 0 Å². The van der Waals surface area contributed by atoms with Crippen LogP contribution in [0, 0.1) is 10.8 Å². The van der Waals surface area contributed by atoms with E-state index in [0.717, 1.165) is 32.1 Å². The maximum Gasteiger partial charge on any atom is 0.311 e. The summed E-state index contributed by atoms with van der Waals surface area (Å²) in [6.45, 7) is 11.9. The van der Waals surface area contributed by atoms with E-state index in [0.29, 0.717) is 13.2 Å². The van der Waals surface area contributed by atoms with Crippen molar-refractivity contribution in [1.29, 1.82) is 0 Å². The van der Waals surface area contributed by atoms with Crippen molar-refractivity contribution in [3.05, 3.63) is 0 Å². The van der Waals surface area contributed by atoms with Crippen LogP contribution in [0.4, 0.5) is 0 Å². The third-order valence-electron chi connectivity index (χ3n) is 4.25. The van der Waals surface area contributed by atoms with Crippen molar-refractivity contribution in [2.45, 2.75) is 79.8 Å². The Kier molecular flexibility index (Phi) is 9.44. The highest BCUT2D eigenvalue weighted by molar-refractivity contribution is 5.75. The number of esters is 1. The van der Waals surface area contributed by atoms with Gasteiger partial charge in [-0.2, -0.15) is 0 Å². The zero-order chi connectivity index (χ0) is 18.1. The Morgan fingerprint density at radius 3 is 2.17 bits per heavy atom. The molecule has 0 bridgehead atoms. The Labute approximate surface area is 140 Å². The minimum absolute atomic E-state index is 0.170. The molecule has 0 spiro atoms. The number of hydrogen-bond donors (Lipinski definition) is 1. The van der Waals surface area contributed by atoms with E-state index in [2.05, 4.69) is 0 Å². The monoisotopic (exact) mass is 330 g/mol. The van der Waals surface area contributed by atoms with E-state index in [1.165, 1.54) is 0 Å². The van der Waals surface area contributed by atoms with Crippen LogP contribution in [-0.2, 0) is 19.1 Å². The van der Waals surface area contributed by atoms with Crippen LogP contribution in [0.15, 0.2) is 0 Å². The van der Waals surface area contributed by atoms with Crippen molar-refractivity contribution in [3.8, 4) is 0 Å². The number of carbonyl (C=O) groups excluding carboxylic acids is 1. The molecule has 0 aromatic carbocycles. The first-order valence-corrected chi connectivity index (χ1v) is 8.61. The second kappa shape index (κ2) is 9.91. The summed E-state index contributed by atoms with van der Waals surface area (Å²) in [4.78, 5) is 23.2. The van der Waals surface area contributed by atoms with Gasteiger partial charge in [0.15, 0.2) is 0 Å². The lowest BCUT2D eigenvalue weighted by atomic mass is 9.84. The molecular formula is C18H34O5. The van der Waals surface area contributed by atoms with Gasteiger partial charge in [0.05, 0.1) is 23.5 Å². The van der Waals surface area contributed by atoms with Crippen LogP contribution in [0.25, 0.3) is 0 Å². The molecule has 0 radical (unpaired) electrons. The summed E-state index contributed by atoms with van der Waals surface area (Å²) in [7, 11) is 0. The molecule has 1 atom stereocenters. The summed E-state index contributed by atoms with van der Waals surface area (Å²) in [5.74, 6) is -1.00. The van der Waals surface area contributed by atoms with Gasteiger partial charge in [-0.05, 0) is 53.9 Å². The first-order chi connectivity index (χ1) is 10.6. The summed E-state index contributed by atoms with van der Waals surface area (Å²) < 4.78 is 10.9. The van der Waals surface area contributed by atoms with Crippen molar-refractivity contribution in [2.75, 3.05) is 13.2 Å². The smallest absolute Gasteiger partial charge is 0.311 e. The standard InChI is InChI=1S/C18H34O5/c1-7-11-14(18(5,6)15(19)20)23-13-10-9-12-17(3,4)16(21)22-8-2/h14H,7-13H2,1-6H3,(H,19,20). The number of hydrogen-bond acceptors (Lipinski definition) is 4. The number of aliphatic carboxylic acids is 1. The van der Waals surface area contributed by atoms with E-state index in [4.69, 9.17) is 9.47 Å². The highest BCUT2D eigenvalue weighted by Crippen LogP contribution is 2.28. The van der Waals surface area contributed by atoms with Crippen LogP contribution < -0.4 is 0 Å². The molecular weight excluding hydrogens is 296 g/mol. The molecule has 136 valence electrons. The van der Waals surface area contributed by atoms with Gasteiger partial charge in [-0.25, -0.2) is 0 Å². The van der Waals surface area contributed by atoms with Crippen molar-refractivity contribution >= 4 is 11.9 Å². The maximum atomic E-state index is 11.8. The molecule has 5 heteroatoms. The number of ether oxygens (including phenoxy) is 2. The van der Waals surface area contributed by atoms with Crippen LogP contribution in [0.1, 0.15) is 73.6 Å². The van der Waals surface area contributed by atoms with Crippen LogP contribution >= 0.6 is 0 Å². The number of carbonyl (C=O) groups is 2. The maximum absolute atomic E-state index is 11.8. The Morgan fingerprint density at radius 1 is 1.09 bits per heavy atom. The summed E-state index contributed by atoms with van der Waals surface area (Å²) in [5.41, 5.74) is -1.38. The third-order valence-corrected chi connectivity index (χ3v) is 4.25. The van der Waals surface area contributed by atoms with Gasteiger partial charge >= 0.3 is 11.9 Å². The van der Waals surface area contributed by atoms with Crippen LogP contribution in [0.2, 0.25) is 0 Å². The highest BCUT2D eigenvalue weighted by Gasteiger charge is 2.37. The topological polar surface area (TPSA) is 72.8 Å². The van der Waals surface area contributed by atoms with Gasteiger partial charge in [0.25, 0.3) is 0 Å². The van der Waals surface area contributed by atoms with Crippen LogP contribution in [0.5, 0.6) is 0 Å². The second-order valence-corrected chi connectivity index (χ2v) is 7.24. The molecule has 0 aliphatic rings. The normalized spacial score (nSPS) is 13.7. The number of carboxylic acids is 1. The molecule has 23 heavy (non-hydrogen) atoms. The predicted octanol–water partition coefficient (Wildman–Crippen LogP) is 4.04. The molecule has 0 aromatic rings. The Bertz CT molecular complexity index is 374. The molecule has 0 saturated heterocycles. The number of rotatable bonds is 12. The molecule has 0 aliphatic carbocycles. The average Bonchev–Trinajstić information content (AvgIpc) is 2.45. The van der Waals surface area contributed by atoms with Gasteiger partial charge in [-0.1, -0.05) is 19.8 Å². The number of carboxylic acid groups (broad SMARTS) is 1. The fourth-order valence-electron chi connectivity index (χ4n) is 2.38. The fraction of sp³-hybridized carbons (Fsp3) is 0.889. The van der Waals surface area contributed by atoms with E-state index < -0.39 is 16.8 Å². The first kappa shape index (κ1) is 21.9. The minimum Gasteiger partial charge on any atom is -0.481 e. The zero-order valence-electron chi connectivity index (χ0n) is 15.6. The molecule has 0 saturated carbocycles. The lowest BCUT2D eigenvalue weighted by molar-refractivity contribution is -0.157. The van der Waals surface area contributed by atoms with Gasteiger partial charge < -0.3 is 14.6 Å². The van der Waals surface area contributed by atoms with Crippen molar-refractivity contribution in [2.24, 2.45) is 10.8 Å². The third kappa shape index (κ3) is 7.34. The molecule has 1 unspecified atom stereocenters. The van der Waals surface area contributed by atoms with Gasteiger partial charge in [0.2, 0.25) is 0 Å². The zero-order valence-corrected chi connectivity index (χ0v) is 15.6. The van der Waals surface area contributed by atoms with E-state index in [9.17, 15) is 14.7 Å². The Balaban J connectivity index is 4.27. The minimum atomic E-state index is -0.889. The summed E-state index contributed by atoms with van der Waals surface area (Å²) in [5, 5.41) is 9.33. The molecule has 5 nitrogen and oxygen atoms in total. The molecule has 0 rings (SSSR count). The van der Waals surface area contributed by atoms with Crippen molar-refractivity contribution in [1.82, 2.24) is 0 Å². The molecule has 1 N–H and O–H groups in total. The second-order valence-electron chi connectivity index (χ2n) is 7.24. The quantitative estimate of drug-likeness (QED) is 0.432. The lowest BCUT2D eigenvalue weighted by Crippen LogP contribution is -2.39. The predicted molar refractivity (Wildman–Crippen MR) is 90.3 cm³/mol. The molecule has 0 amide bonds. The molecule has 0 aromatic heterocycles. The van der Waals surface area contributed by atoms with Crippen LogP contribution in [0.3, 0.4) is 0 Å². The van der Waals surface area contributed by atoms with E-state index in [-0.39, 0.29) is 12.1 Å². The average molecular weight is 330 g/mol. The van der Waals surface area contributed by atoms with Crippen LogP contribution in [-0.4, -0.2) is 36.4 Å². The summed E-state index contributed by atoms with van der Waals surface area (Å²) in [6.07, 6.45) is 3.71. The summed E-state index contributed by atoms with van der Waals surface area (Å²) in [6, 6.07) is 0. The highest BCUT2D eigenvalue weighted by atomic mass is 16.5. The first-order valence-electron chi connectivity index (χ1n) is 8.61. The van der Waals surface area contributed by atoms with Crippen molar-refractivity contribution in [3.63, 3.8) is 0 Å². The molecule has 0 aliphatic heterocycles. The lowest BCUT2D eigenvalue weighted by Gasteiger charge is -2.30. The van der Waals surface area contributed by atoms with E-state index in [1.807, 2.05) is 20.8 Å². The van der Waals surface area contributed by atoms with Gasteiger partial charge in [-0.15, -0.1) is 0 Å². The molecule has 0 fully saturated rings. The SMILES string of the molecule is CCCC(OCCCCC(C)(C)C(=O)OCC)C(C)(C)C(=O)O. The Morgan fingerprint density at radius 2 is 1.70 bits per heavy atom. The van der Waals surface area contributed by atoms with Crippen molar-refractivity contribution < 1.29 is 24.2 Å². The van der Waals surface area contributed by atoms with E-state index in [1.54, 1.807) is 20.8 Å². The fourth-order valence-corrected chi connectivity index (χ4v) is 2.38. The summed E-state index contributed by atoms with van der Waals surface area (Å²) >= 11 is 0.